The van der Waals surface area contributed by atoms with E-state index in [0.29, 0.717) is 62.4 Å². The van der Waals surface area contributed by atoms with Gasteiger partial charge < -0.3 is 46.6 Å². The molecule has 84 heavy (non-hydrogen) atoms. The molecule has 13 heteroatoms. The number of Topliss-reactive ketones (excluding diaryl/α,β-unsaturated/α-hetero) is 2. The quantitative estimate of drug-likeness (QED) is 0.0570. The molecule has 10 aromatic carbocycles. The number of nitrogen functional groups attached to an aromatic ring is 4. The Balaban J connectivity index is 0.000000151. The molecule has 0 fully saturated rings. The minimum absolute atomic E-state index is 0. The lowest BCUT2D eigenvalue weighted by Crippen LogP contribution is -1.96. The van der Waals surface area contributed by atoms with Crippen LogP contribution >= 0.6 is 0 Å². The van der Waals surface area contributed by atoms with Crippen LogP contribution < -0.4 is 41.9 Å². The number of carbonyl (C=O) groups excluding carboxylic acids is 4. The normalized spacial score (nSPS) is 11.6. The van der Waals surface area contributed by atoms with Gasteiger partial charge in [0.2, 0.25) is 0 Å². The highest BCUT2D eigenvalue weighted by Crippen LogP contribution is 2.37. The highest BCUT2D eigenvalue weighted by Gasteiger charge is 2.31. The molecule has 0 unspecified atom stereocenters. The number of esters is 2. The first kappa shape index (κ1) is 59.2. The number of carbonyl (C=O) groups is 4. The molecule has 0 bridgehead atoms. The minimum Gasteiger partial charge on any atom is -0.457 e. The fourth-order valence-electron chi connectivity index (χ4n) is 8.99. The molecule has 1 heterocycles. The van der Waals surface area contributed by atoms with Crippen LogP contribution in [0, 0.1) is 34.6 Å². The molecular formula is C71H64N4O9. The summed E-state index contributed by atoms with van der Waals surface area (Å²) in [5.41, 5.74) is 37.2. The fourth-order valence-corrected chi connectivity index (χ4v) is 8.99. The molecule has 12 rings (SSSR count). The molecule has 8 N–H and O–H groups in total. The predicted octanol–water partition coefficient (Wildman–Crippen LogP) is 16.8. The summed E-state index contributed by atoms with van der Waals surface area (Å²) in [6.45, 7) is 10.5. The van der Waals surface area contributed by atoms with Crippen molar-refractivity contribution in [1.82, 2.24) is 0 Å². The van der Waals surface area contributed by atoms with Gasteiger partial charge in [0.25, 0.3) is 0 Å². The highest BCUT2D eigenvalue weighted by molar-refractivity contribution is 6.24. The third kappa shape index (κ3) is 15.3. The first-order chi connectivity index (χ1) is 39.9. The standard InChI is InChI=1S/C25H22N2O3.C17H8O5.C15H17N.C13H13NO.CH4/c1-17-2-8-20(9-3-17)28-23-14-24(29-21-10-4-18(26)5-11-21)16-25(15-23)30-22-12-6-19(27)7-13-22;18-14-7-15(19)12-5-8(1-3-10(12)14)9-2-4-11-13(6-9)17(21)22-16(11)20;1-10-4-6-14(11(2)8-10)15-7-5-13(16)9-12(15)3;1-10-2-6-12(7-3-10)15-13-8-4-11(14)5-9-13;/h2-16H,26-27H2,1H3;1-6H,7H2;4-9H,16H2,1-3H3;2-9H,14H2,1H3;1H4. The number of benzene rings is 10. The Labute approximate surface area is 489 Å². The van der Waals surface area contributed by atoms with Gasteiger partial charge in [0.05, 0.1) is 17.5 Å². The molecule has 13 nitrogen and oxygen atoms in total. The van der Waals surface area contributed by atoms with E-state index in [9.17, 15) is 19.2 Å². The van der Waals surface area contributed by atoms with Crippen LogP contribution in [0.15, 0.2) is 212 Å². The number of cyclic esters (lactones) is 2. The summed E-state index contributed by atoms with van der Waals surface area (Å²) >= 11 is 0. The van der Waals surface area contributed by atoms with E-state index in [2.05, 4.69) is 49.8 Å². The number of hydrogen-bond acceptors (Lipinski definition) is 13. The minimum atomic E-state index is -0.672. The Hall–Kier alpha value is -10.9. The van der Waals surface area contributed by atoms with Crippen LogP contribution in [0.1, 0.15) is 83.1 Å². The predicted molar refractivity (Wildman–Crippen MR) is 334 cm³/mol. The second kappa shape index (κ2) is 26.6. The van der Waals surface area contributed by atoms with Gasteiger partial charge in [0.15, 0.2) is 11.6 Å². The fraction of sp³-hybridized carbons (Fsp3) is 0.0986. The molecule has 0 amide bonds. The second-order valence-corrected chi connectivity index (χ2v) is 20.0. The van der Waals surface area contributed by atoms with Crippen LogP contribution in [0.25, 0.3) is 22.3 Å². The smallest absolute Gasteiger partial charge is 0.346 e. The number of ether oxygens (including phenoxy) is 5. The number of aryl methyl sites for hydroxylation is 5. The van der Waals surface area contributed by atoms with E-state index in [1.54, 1.807) is 60.7 Å². The Morgan fingerprint density at radius 2 is 0.619 bits per heavy atom. The van der Waals surface area contributed by atoms with Crippen LogP contribution in [-0.2, 0) is 4.74 Å². The number of hydrogen-bond donors (Lipinski definition) is 4. The molecule has 0 saturated carbocycles. The third-order valence-electron chi connectivity index (χ3n) is 13.3. The number of fused-ring (bicyclic) bond motifs is 2. The molecule has 0 aromatic heterocycles. The molecule has 0 saturated heterocycles. The van der Waals surface area contributed by atoms with Crippen LogP contribution in [0.3, 0.4) is 0 Å². The van der Waals surface area contributed by atoms with Crippen molar-refractivity contribution in [3.63, 3.8) is 0 Å². The molecule has 0 atom stereocenters. The highest BCUT2D eigenvalue weighted by atomic mass is 16.6. The zero-order chi connectivity index (χ0) is 58.7. The van der Waals surface area contributed by atoms with Gasteiger partial charge in [0, 0.05) is 52.1 Å². The van der Waals surface area contributed by atoms with E-state index >= 15 is 0 Å². The van der Waals surface area contributed by atoms with Crippen molar-refractivity contribution in [3.8, 4) is 68.2 Å². The molecule has 422 valence electrons. The van der Waals surface area contributed by atoms with E-state index in [1.165, 1.54) is 39.4 Å². The van der Waals surface area contributed by atoms with E-state index < -0.39 is 11.9 Å². The number of rotatable bonds is 10. The van der Waals surface area contributed by atoms with Crippen molar-refractivity contribution in [2.24, 2.45) is 0 Å². The van der Waals surface area contributed by atoms with Crippen LogP contribution in [0.5, 0.6) is 46.0 Å². The summed E-state index contributed by atoms with van der Waals surface area (Å²) in [6.07, 6.45) is -0.0935. The van der Waals surface area contributed by atoms with Gasteiger partial charge in [0.1, 0.15) is 46.0 Å². The van der Waals surface area contributed by atoms with Gasteiger partial charge in [-0.15, -0.1) is 0 Å². The van der Waals surface area contributed by atoms with Crippen molar-refractivity contribution in [3.05, 3.63) is 262 Å². The van der Waals surface area contributed by atoms with E-state index in [-0.39, 0.29) is 36.5 Å². The Bertz CT molecular complexity index is 3680. The lowest BCUT2D eigenvalue weighted by molar-refractivity contribution is 0.0443. The SMILES string of the molecule is C.Cc1ccc(-c2ccc(N)cc2C)c(C)c1.Cc1ccc(Oc2cc(Oc3ccc(N)cc3)cc(Oc3ccc(N)cc3)c2)cc1.Cc1ccc(Oc2ccc(N)cc2)cc1.O=C1CC(=O)c2cc(-c3ccc4c(c3)C(=O)OC4=O)ccc21. The summed E-state index contributed by atoms with van der Waals surface area (Å²) < 4.78 is 28.2. The Morgan fingerprint density at radius 3 is 1.05 bits per heavy atom. The maximum absolute atomic E-state index is 11.8. The molecule has 1 aliphatic carbocycles. The Morgan fingerprint density at radius 1 is 0.298 bits per heavy atom. The van der Waals surface area contributed by atoms with Gasteiger partial charge in [-0.05, 0) is 195 Å². The topological polar surface area (TPSA) is 219 Å². The third-order valence-corrected chi connectivity index (χ3v) is 13.3. The lowest BCUT2D eigenvalue weighted by Gasteiger charge is -2.13. The molecular weight excluding hydrogens is 1050 g/mol. The summed E-state index contributed by atoms with van der Waals surface area (Å²) in [6, 6.07) is 65.3. The van der Waals surface area contributed by atoms with Crippen LogP contribution in [-0.4, -0.2) is 23.5 Å². The maximum atomic E-state index is 11.8. The van der Waals surface area contributed by atoms with Crippen LogP contribution in [0.2, 0.25) is 0 Å². The lowest BCUT2D eigenvalue weighted by atomic mass is 9.95. The largest absolute Gasteiger partial charge is 0.457 e. The monoisotopic (exact) mass is 1120 g/mol. The average Bonchev–Trinajstić information content (AvgIpc) is 3.72. The van der Waals surface area contributed by atoms with Gasteiger partial charge >= 0.3 is 11.9 Å². The van der Waals surface area contributed by atoms with Gasteiger partial charge in [-0.2, -0.15) is 0 Å². The summed E-state index contributed by atoms with van der Waals surface area (Å²) in [5.74, 6) is 3.75. The molecule has 0 radical (unpaired) electrons. The zero-order valence-corrected chi connectivity index (χ0v) is 46.4. The summed E-state index contributed by atoms with van der Waals surface area (Å²) in [7, 11) is 0. The number of ketones is 2. The van der Waals surface area contributed by atoms with Crippen LogP contribution in [0.4, 0.5) is 22.7 Å². The average molecular weight is 1120 g/mol. The molecule has 0 spiro atoms. The molecule has 2 aliphatic rings. The van der Waals surface area contributed by atoms with Crippen molar-refractivity contribution >= 4 is 46.3 Å². The van der Waals surface area contributed by atoms with E-state index in [4.69, 9.17) is 41.9 Å². The van der Waals surface area contributed by atoms with Crippen molar-refractivity contribution < 1.29 is 42.9 Å². The van der Waals surface area contributed by atoms with Gasteiger partial charge in [-0.3, -0.25) is 9.59 Å². The maximum Gasteiger partial charge on any atom is 0.346 e. The van der Waals surface area contributed by atoms with E-state index in [0.717, 1.165) is 34.2 Å². The van der Waals surface area contributed by atoms with E-state index in [1.807, 2.05) is 135 Å². The zero-order valence-electron chi connectivity index (χ0n) is 46.4. The van der Waals surface area contributed by atoms with Crippen molar-refractivity contribution in [2.45, 2.75) is 48.5 Å². The molecule has 1 aliphatic heterocycles. The number of anilines is 4. The van der Waals surface area contributed by atoms with Gasteiger partial charge in [-0.25, -0.2) is 9.59 Å². The van der Waals surface area contributed by atoms with Gasteiger partial charge in [-0.1, -0.05) is 90.8 Å². The second-order valence-electron chi connectivity index (χ2n) is 20.0. The molecule has 10 aromatic rings. The first-order valence-corrected chi connectivity index (χ1v) is 26.5. The van der Waals surface area contributed by atoms with Crippen molar-refractivity contribution in [2.75, 3.05) is 22.9 Å². The van der Waals surface area contributed by atoms with Crippen molar-refractivity contribution in [1.29, 1.82) is 0 Å². The first-order valence-electron chi connectivity index (χ1n) is 26.5. The Kier molecular flexibility index (Phi) is 18.7. The number of nitrogens with two attached hydrogens (primary N) is 4. The summed E-state index contributed by atoms with van der Waals surface area (Å²) in [5, 5.41) is 0. The summed E-state index contributed by atoms with van der Waals surface area (Å²) in [4.78, 5) is 46.5.